The fraction of sp³-hybridized carbons (Fsp3) is 0.526. The van der Waals surface area contributed by atoms with Crippen molar-refractivity contribution in [1.29, 1.82) is 0 Å². The number of methoxy groups -OCH3 is 2. The summed E-state index contributed by atoms with van der Waals surface area (Å²) in [5.41, 5.74) is 1.48. The third-order valence-electron chi connectivity index (χ3n) is 4.35. The maximum Gasteiger partial charge on any atom is 0.254 e. The second kappa shape index (κ2) is 8.87. The summed E-state index contributed by atoms with van der Waals surface area (Å²) in [5.74, 6) is 1.18. The molecule has 0 radical (unpaired) electrons. The molecule has 1 aliphatic heterocycles. The molecule has 0 saturated carbocycles. The molecule has 2 rings (SSSR count). The van der Waals surface area contributed by atoms with Gasteiger partial charge in [-0.05, 0) is 25.5 Å². The van der Waals surface area contributed by atoms with E-state index in [1.807, 2.05) is 11.0 Å². The highest BCUT2D eigenvalue weighted by Crippen LogP contribution is 2.33. The summed E-state index contributed by atoms with van der Waals surface area (Å²) in [6, 6.07) is 3.59. The highest BCUT2D eigenvalue weighted by atomic mass is 16.5. The van der Waals surface area contributed by atoms with Crippen LogP contribution in [0.25, 0.3) is 0 Å². The maximum atomic E-state index is 12.9. The number of piperazine rings is 1. The molecule has 6 nitrogen and oxygen atoms in total. The number of benzene rings is 1. The third-order valence-corrected chi connectivity index (χ3v) is 4.35. The number of aliphatic hydroxyl groups is 1. The Morgan fingerprint density at radius 1 is 1.28 bits per heavy atom. The summed E-state index contributed by atoms with van der Waals surface area (Å²) in [7, 11) is 3.16. The number of hydrogen-bond donors (Lipinski definition) is 1. The lowest BCUT2D eigenvalue weighted by Crippen LogP contribution is -2.50. The van der Waals surface area contributed by atoms with E-state index >= 15 is 0 Å². The van der Waals surface area contributed by atoms with E-state index in [1.165, 1.54) is 0 Å². The Morgan fingerprint density at radius 2 is 1.96 bits per heavy atom. The number of allylic oxidation sites excluding steroid dienone is 1. The fourth-order valence-corrected chi connectivity index (χ4v) is 3.16. The quantitative estimate of drug-likeness (QED) is 0.758. The van der Waals surface area contributed by atoms with Crippen LogP contribution in [-0.2, 0) is 6.42 Å². The van der Waals surface area contributed by atoms with Crippen LogP contribution in [0.3, 0.4) is 0 Å². The number of hydrogen-bond acceptors (Lipinski definition) is 5. The first-order valence-corrected chi connectivity index (χ1v) is 8.55. The van der Waals surface area contributed by atoms with Crippen molar-refractivity contribution in [2.75, 3.05) is 46.9 Å². The van der Waals surface area contributed by atoms with Crippen LogP contribution in [0.5, 0.6) is 11.5 Å². The van der Waals surface area contributed by atoms with Crippen LogP contribution in [0.2, 0.25) is 0 Å². The van der Waals surface area contributed by atoms with E-state index in [0.717, 1.165) is 18.7 Å². The molecule has 1 heterocycles. The van der Waals surface area contributed by atoms with Gasteiger partial charge in [0.25, 0.3) is 5.91 Å². The van der Waals surface area contributed by atoms with Gasteiger partial charge in [0.2, 0.25) is 0 Å². The molecule has 0 bridgehead atoms. The zero-order chi connectivity index (χ0) is 18.4. The lowest BCUT2D eigenvalue weighted by atomic mass is 10.0. The monoisotopic (exact) mass is 348 g/mol. The number of carbonyl (C=O) groups is 1. The smallest absolute Gasteiger partial charge is 0.254 e. The molecule has 25 heavy (non-hydrogen) atoms. The summed E-state index contributed by atoms with van der Waals surface area (Å²) in [6.45, 7) is 9.02. The Hall–Kier alpha value is -2.05. The summed E-state index contributed by atoms with van der Waals surface area (Å²) in [4.78, 5) is 16.9. The van der Waals surface area contributed by atoms with Crippen LogP contribution in [0.4, 0.5) is 0 Å². The molecule has 1 saturated heterocycles. The molecule has 0 spiro atoms. The number of aliphatic hydroxyl groups excluding tert-OH is 1. The third kappa shape index (κ3) is 4.74. The molecule has 0 aliphatic carbocycles. The van der Waals surface area contributed by atoms with Crippen molar-refractivity contribution in [3.05, 3.63) is 35.9 Å². The number of rotatable bonds is 7. The highest BCUT2D eigenvalue weighted by molar-refractivity contribution is 5.95. The van der Waals surface area contributed by atoms with Crippen LogP contribution < -0.4 is 9.47 Å². The van der Waals surface area contributed by atoms with Crippen LogP contribution in [-0.4, -0.2) is 73.9 Å². The molecule has 6 heteroatoms. The van der Waals surface area contributed by atoms with Crippen molar-refractivity contribution in [3.63, 3.8) is 0 Å². The molecule has 1 amide bonds. The van der Waals surface area contributed by atoms with Gasteiger partial charge in [-0.2, -0.15) is 0 Å². The van der Waals surface area contributed by atoms with Gasteiger partial charge in [-0.15, -0.1) is 6.58 Å². The molecule has 1 N–H and O–H groups in total. The average Bonchev–Trinajstić information content (AvgIpc) is 2.60. The molecule has 1 aliphatic rings. The molecule has 1 unspecified atom stereocenters. The van der Waals surface area contributed by atoms with E-state index in [1.54, 1.807) is 33.3 Å². The van der Waals surface area contributed by atoms with E-state index < -0.39 is 0 Å². The van der Waals surface area contributed by atoms with Gasteiger partial charge in [0, 0.05) is 43.9 Å². The van der Waals surface area contributed by atoms with Gasteiger partial charge in [-0.1, -0.05) is 6.08 Å². The predicted octanol–water partition coefficient (Wildman–Crippen LogP) is 1.57. The Morgan fingerprint density at radius 3 is 2.48 bits per heavy atom. The summed E-state index contributed by atoms with van der Waals surface area (Å²) in [5, 5.41) is 9.49. The van der Waals surface area contributed by atoms with Gasteiger partial charge in [0.05, 0.1) is 20.3 Å². The normalized spacial score (nSPS) is 16.4. The Bertz CT molecular complexity index is 608. The first-order valence-electron chi connectivity index (χ1n) is 8.55. The predicted molar refractivity (Wildman–Crippen MR) is 97.5 cm³/mol. The Kier molecular flexibility index (Phi) is 6.84. The zero-order valence-corrected chi connectivity index (χ0v) is 15.3. The van der Waals surface area contributed by atoms with Gasteiger partial charge in [-0.3, -0.25) is 9.69 Å². The minimum Gasteiger partial charge on any atom is -0.493 e. The second-order valence-corrected chi connectivity index (χ2v) is 6.31. The molecule has 138 valence electrons. The lowest BCUT2D eigenvalue weighted by Gasteiger charge is -2.35. The van der Waals surface area contributed by atoms with Crippen molar-refractivity contribution in [2.24, 2.45) is 0 Å². The largest absolute Gasteiger partial charge is 0.493 e. The van der Waals surface area contributed by atoms with E-state index in [2.05, 4.69) is 11.5 Å². The van der Waals surface area contributed by atoms with Crippen LogP contribution in [0.15, 0.2) is 24.8 Å². The van der Waals surface area contributed by atoms with Crippen molar-refractivity contribution in [2.45, 2.75) is 19.4 Å². The SMILES string of the molecule is C=CCc1cc(C(=O)N2CCN(CC(C)O)CC2)cc(OC)c1OC. The lowest BCUT2D eigenvalue weighted by molar-refractivity contribution is 0.0553. The molecule has 0 aromatic heterocycles. The number of ether oxygens (including phenoxy) is 2. The van der Waals surface area contributed by atoms with Crippen molar-refractivity contribution in [3.8, 4) is 11.5 Å². The van der Waals surface area contributed by atoms with E-state index in [4.69, 9.17) is 9.47 Å². The zero-order valence-electron chi connectivity index (χ0n) is 15.3. The molecular formula is C19H28N2O4. The second-order valence-electron chi connectivity index (χ2n) is 6.31. The van der Waals surface area contributed by atoms with Gasteiger partial charge in [0.1, 0.15) is 0 Å². The molecule has 1 aromatic rings. The Balaban J connectivity index is 2.16. The number of carbonyl (C=O) groups excluding carboxylic acids is 1. The number of β-amino-alcohol motifs (C(OH)–C–C–N with tert-alkyl or cyclic N) is 1. The van der Waals surface area contributed by atoms with Gasteiger partial charge >= 0.3 is 0 Å². The van der Waals surface area contributed by atoms with Crippen molar-refractivity contribution >= 4 is 5.91 Å². The van der Waals surface area contributed by atoms with Crippen molar-refractivity contribution in [1.82, 2.24) is 9.80 Å². The number of nitrogens with zero attached hydrogens (tertiary/aromatic N) is 2. The van der Waals surface area contributed by atoms with Crippen LogP contribution in [0.1, 0.15) is 22.8 Å². The molecular weight excluding hydrogens is 320 g/mol. The topological polar surface area (TPSA) is 62.2 Å². The minimum absolute atomic E-state index is 0.0111. The first kappa shape index (κ1) is 19.3. The molecule has 1 aromatic carbocycles. The van der Waals surface area contributed by atoms with Gasteiger partial charge in [0.15, 0.2) is 11.5 Å². The van der Waals surface area contributed by atoms with Gasteiger partial charge < -0.3 is 19.5 Å². The van der Waals surface area contributed by atoms with Crippen molar-refractivity contribution < 1.29 is 19.4 Å². The minimum atomic E-state index is -0.352. The van der Waals surface area contributed by atoms with E-state index in [9.17, 15) is 9.90 Å². The standard InChI is InChI=1S/C19H28N2O4/c1-5-6-15-11-16(12-17(24-3)18(15)25-4)19(23)21-9-7-20(8-10-21)13-14(2)22/h5,11-12,14,22H,1,6-10,13H2,2-4H3. The Labute approximate surface area is 149 Å². The van der Waals surface area contributed by atoms with E-state index in [0.29, 0.717) is 43.1 Å². The van der Waals surface area contributed by atoms with Crippen LogP contribution in [0, 0.1) is 0 Å². The summed E-state index contributed by atoms with van der Waals surface area (Å²) < 4.78 is 10.8. The summed E-state index contributed by atoms with van der Waals surface area (Å²) in [6.07, 6.45) is 2.03. The van der Waals surface area contributed by atoms with E-state index in [-0.39, 0.29) is 12.0 Å². The molecule has 1 atom stereocenters. The highest BCUT2D eigenvalue weighted by Gasteiger charge is 2.24. The van der Waals surface area contributed by atoms with Crippen LogP contribution >= 0.6 is 0 Å². The fourth-order valence-electron chi connectivity index (χ4n) is 3.16. The first-order chi connectivity index (χ1) is 12.0. The molecule has 1 fully saturated rings. The van der Waals surface area contributed by atoms with Gasteiger partial charge in [-0.25, -0.2) is 0 Å². The maximum absolute atomic E-state index is 12.9. The number of amides is 1. The average molecular weight is 348 g/mol. The summed E-state index contributed by atoms with van der Waals surface area (Å²) >= 11 is 0.